The van der Waals surface area contributed by atoms with Gasteiger partial charge >= 0.3 is 5.97 Å². The summed E-state index contributed by atoms with van der Waals surface area (Å²) in [7, 11) is 0. The average molecular weight is 644 g/mol. The number of hydrogen-bond donors (Lipinski definition) is 3. The second kappa shape index (κ2) is 16.4. The SMILES string of the molecule is Nc1ccn(Cc2ccncc2)n1.O=C(Nc1ccn(Cc2ccncc2)n1)c1cccc(Cl)c1.O=C(O)c1cccc(Cl)c1. The highest BCUT2D eigenvalue weighted by molar-refractivity contribution is 6.31. The topological polar surface area (TPSA) is 154 Å². The zero-order valence-electron chi connectivity index (χ0n) is 23.7. The Morgan fingerprint density at radius 1 is 0.711 bits per heavy atom. The highest BCUT2D eigenvalue weighted by Gasteiger charge is 2.08. The highest BCUT2D eigenvalue weighted by Crippen LogP contribution is 2.13. The Morgan fingerprint density at radius 3 is 1.71 bits per heavy atom. The van der Waals surface area contributed by atoms with E-state index in [9.17, 15) is 9.59 Å². The summed E-state index contributed by atoms with van der Waals surface area (Å²) in [5.74, 6) is -0.146. The van der Waals surface area contributed by atoms with E-state index in [4.69, 9.17) is 34.0 Å². The number of aromatic carboxylic acids is 1. The van der Waals surface area contributed by atoms with Crippen LogP contribution in [-0.2, 0) is 13.1 Å². The van der Waals surface area contributed by atoms with Crippen molar-refractivity contribution >= 4 is 46.7 Å². The van der Waals surface area contributed by atoms with Crippen LogP contribution >= 0.6 is 23.2 Å². The maximum Gasteiger partial charge on any atom is 0.335 e. The van der Waals surface area contributed by atoms with Gasteiger partial charge in [0.25, 0.3) is 5.91 Å². The summed E-state index contributed by atoms with van der Waals surface area (Å²) in [6.07, 6.45) is 10.7. The molecule has 6 aromatic rings. The second-order valence-corrected chi connectivity index (χ2v) is 10.2. The molecule has 4 N–H and O–H groups in total. The molecule has 0 spiro atoms. The van der Waals surface area contributed by atoms with E-state index in [0.29, 0.717) is 33.8 Å². The van der Waals surface area contributed by atoms with Gasteiger partial charge in [0.15, 0.2) is 5.82 Å². The highest BCUT2D eigenvalue weighted by atomic mass is 35.5. The maximum atomic E-state index is 12.1. The quantitative estimate of drug-likeness (QED) is 0.186. The van der Waals surface area contributed by atoms with Crippen LogP contribution in [0.3, 0.4) is 0 Å². The van der Waals surface area contributed by atoms with Gasteiger partial charge < -0.3 is 16.2 Å². The Balaban J connectivity index is 0.000000170. The molecule has 0 aliphatic heterocycles. The van der Waals surface area contributed by atoms with Crippen LogP contribution in [0.5, 0.6) is 0 Å². The fourth-order valence-electron chi connectivity index (χ4n) is 3.77. The standard InChI is InChI=1S/C16H13ClN4O.C9H10N4.C7H5ClO2/c17-14-3-1-2-13(10-14)16(22)19-15-6-9-21(20-15)11-12-4-7-18-8-5-12;10-9-3-6-13(12-9)7-8-1-4-11-5-2-8;8-6-3-1-2-5(4-6)7(9)10/h1-10H,11H2,(H,19,20,22);1-6H,7H2,(H2,10,12);1-4H,(H,9,10). The van der Waals surface area contributed by atoms with Gasteiger partial charge in [-0.3, -0.25) is 24.1 Å². The number of carboxylic acid groups (broad SMARTS) is 1. The molecule has 228 valence electrons. The summed E-state index contributed by atoms with van der Waals surface area (Å²) < 4.78 is 3.55. The van der Waals surface area contributed by atoms with Crippen LogP contribution in [0.4, 0.5) is 11.6 Å². The van der Waals surface area contributed by atoms with Crippen molar-refractivity contribution in [3.05, 3.63) is 154 Å². The van der Waals surface area contributed by atoms with Crippen LogP contribution in [0, 0.1) is 0 Å². The van der Waals surface area contributed by atoms with Gasteiger partial charge in [0, 0.05) is 58.9 Å². The van der Waals surface area contributed by atoms with Crippen molar-refractivity contribution in [3.63, 3.8) is 0 Å². The van der Waals surface area contributed by atoms with Crippen molar-refractivity contribution in [2.75, 3.05) is 11.1 Å². The summed E-state index contributed by atoms with van der Waals surface area (Å²) >= 11 is 11.4. The number of benzene rings is 2. The molecule has 0 atom stereocenters. The third-order valence-electron chi connectivity index (χ3n) is 5.89. The molecule has 0 saturated carbocycles. The number of amides is 1. The number of hydrogen-bond acceptors (Lipinski definition) is 7. The molecule has 13 heteroatoms. The van der Waals surface area contributed by atoms with Gasteiger partial charge in [0.2, 0.25) is 0 Å². The molecule has 0 unspecified atom stereocenters. The monoisotopic (exact) mass is 642 g/mol. The van der Waals surface area contributed by atoms with Gasteiger partial charge in [-0.2, -0.15) is 10.2 Å². The van der Waals surface area contributed by atoms with E-state index in [-0.39, 0.29) is 11.5 Å². The lowest BCUT2D eigenvalue weighted by atomic mass is 10.2. The summed E-state index contributed by atoms with van der Waals surface area (Å²) in [4.78, 5) is 30.3. The van der Waals surface area contributed by atoms with E-state index in [0.717, 1.165) is 17.7 Å². The van der Waals surface area contributed by atoms with Crippen LogP contribution in [0.1, 0.15) is 31.8 Å². The number of anilines is 2. The molecule has 0 radical (unpaired) electrons. The largest absolute Gasteiger partial charge is 0.478 e. The molecule has 0 saturated heterocycles. The number of halogens is 2. The Morgan fingerprint density at radius 2 is 1.22 bits per heavy atom. The van der Waals surface area contributed by atoms with Crippen molar-refractivity contribution < 1.29 is 14.7 Å². The van der Waals surface area contributed by atoms with Gasteiger partial charge in [-0.25, -0.2) is 4.79 Å². The van der Waals surface area contributed by atoms with Gasteiger partial charge in [-0.15, -0.1) is 0 Å². The minimum atomic E-state index is -0.956. The summed E-state index contributed by atoms with van der Waals surface area (Å²) in [6, 6.07) is 24.2. The molecule has 2 aromatic carbocycles. The first-order chi connectivity index (χ1) is 21.7. The molecule has 6 rings (SSSR count). The second-order valence-electron chi connectivity index (χ2n) is 9.33. The Kier molecular flexibility index (Phi) is 11.8. The van der Waals surface area contributed by atoms with Crippen molar-refractivity contribution in [1.29, 1.82) is 0 Å². The van der Waals surface area contributed by atoms with Crippen molar-refractivity contribution in [2.24, 2.45) is 0 Å². The molecule has 0 aliphatic rings. The third-order valence-corrected chi connectivity index (χ3v) is 6.36. The maximum absolute atomic E-state index is 12.1. The average Bonchev–Trinajstić information content (AvgIpc) is 3.66. The third kappa shape index (κ3) is 10.9. The number of rotatable bonds is 7. The molecular weight excluding hydrogens is 615 g/mol. The smallest absolute Gasteiger partial charge is 0.335 e. The van der Waals surface area contributed by atoms with Crippen LogP contribution in [-0.4, -0.2) is 46.5 Å². The zero-order chi connectivity index (χ0) is 32.0. The Hall–Kier alpha value is -5.52. The van der Waals surface area contributed by atoms with E-state index < -0.39 is 5.97 Å². The molecule has 0 aliphatic carbocycles. The van der Waals surface area contributed by atoms with E-state index in [2.05, 4.69) is 25.5 Å². The number of carbonyl (C=O) groups excluding carboxylic acids is 1. The lowest BCUT2D eigenvalue weighted by Gasteiger charge is -2.03. The zero-order valence-corrected chi connectivity index (χ0v) is 25.3. The van der Waals surface area contributed by atoms with Crippen molar-refractivity contribution in [3.8, 4) is 0 Å². The van der Waals surface area contributed by atoms with Crippen LogP contribution in [0.15, 0.2) is 122 Å². The Bertz CT molecular complexity index is 1830. The lowest BCUT2D eigenvalue weighted by Crippen LogP contribution is -2.12. The van der Waals surface area contributed by atoms with Gasteiger partial charge in [-0.1, -0.05) is 35.3 Å². The number of nitrogens with zero attached hydrogens (tertiary/aromatic N) is 6. The van der Waals surface area contributed by atoms with E-state index >= 15 is 0 Å². The molecule has 11 nitrogen and oxygen atoms in total. The number of carboxylic acids is 1. The molecule has 4 aromatic heterocycles. The minimum Gasteiger partial charge on any atom is -0.478 e. The molecule has 0 bridgehead atoms. The predicted molar refractivity (Wildman–Crippen MR) is 173 cm³/mol. The fraction of sp³-hybridized carbons (Fsp3) is 0.0625. The predicted octanol–water partition coefficient (Wildman–Crippen LogP) is 6.18. The van der Waals surface area contributed by atoms with Gasteiger partial charge in [-0.05, 0) is 77.9 Å². The summed E-state index contributed by atoms with van der Waals surface area (Å²) in [5.41, 5.74) is 8.45. The first kappa shape index (κ1) is 32.4. The summed E-state index contributed by atoms with van der Waals surface area (Å²) in [6.45, 7) is 1.36. The van der Waals surface area contributed by atoms with E-state index in [1.54, 1.807) is 82.7 Å². The number of aromatic nitrogens is 6. The number of nitrogens with one attached hydrogen (secondary N) is 1. The molecule has 4 heterocycles. The van der Waals surface area contributed by atoms with Crippen molar-refractivity contribution in [2.45, 2.75) is 13.1 Å². The number of pyridine rings is 2. The summed E-state index contributed by atoms with van der Waals surface area (Å²) in [5, 5.41) is 20.6. The minimum absolute atomic E-state index is 0.215. The van der Waals surface area contributed by atoms with Crippen LogP contribution in [0.2, 0.25) is 10.0 Å². The van der Waals surface area contributed by atoms with Crippen LogP contribution in [0.25, 0.3) is 0 Å². The van der Waals surface area contributed by atoms with E-state index in [1.165, 1.54) is 12.1 Å². The van der Waals surface area contributed by atoms with Crippen molar-refractivity contribution in [1.82, 2.24) is 29.5 Å². The lowest BCUT2D eigenvalue weighted by molar-refractivity contribution is 0.0696. The number of nitrogen functional groups attached to an aromatic ring is 1. The van der Waals surface area contributed by atoms with Gasteiger partial charge in [0.05, 0.1) is 18.7 Å². The molecule has 45 heavy (non-hydrogen) atoms. The normalized spacial score (nSPS) is 10.1. The first-order valence-corrected chi connectivity index (χ1v) is 14.2. The van der Waals surface area contributed by atoms with Crippen LogP contribution < -0.4 is 11.1 Å². The molecule has 1 amide bonds. The Labute approximate surface area is 268 Å². The number of nitrogens with two attached hydrogens (primary N) is 1. The molecule has 0 fully saturated rings. The fourth-order valence-corrected chi connectivity index (χ4v) is 4.15. The molecular formula is C32H28Cl2N8O3. The first-order valence-electron chi connectivity index (χ1n) is 13.4. The number of carbonyl (C=O) groups is 2. The van der Waals surface area contributed by atoms with Gasteiger partial charge in [0.1, 0.15) is 5.82 Å². The van der Waals surface area contributed by atoms with E-state index in [1.807, 2.05) is 36.7 Å².